The Hall–Kier alpha value is -2.96. The Labute approximate surface area is 139 Å². The summed E-state index contributed by atoms with van der Waals surface area (Å²) in [6, 6.07) is 6.10. The lowest BCUT2D eigenvalue weighted by Crippen LogP contribution is -2.30. The third-order valence-electron chi connectivity index (χ3n) is 3.21. The third-order valence-corrected chi connectivity index (χ3v) is 3.21. The number of amides is 1. The average Bonchev–Trinajstić information content (AvgIpc) is 2.58. The molecule has 0 atom stereocenters. The van der Waals surface area contributed by atoms with E-state index in [1.165, 1.54) is 29.1 Å². The molecule has 2 heterocycles. The van der Waals surface area contributed by atoms with Crippen LogP contribution in [0.1, 0.15) is 24.2 Å². The molecule has 0 saturated heterocycles. The highest BCUT2D eigenvalue weighted by Crippen LogP contribution is 2.09. The maximum atomic E-state index is 11.9. The van der Waals surface area contributed by atoms with E-state index in [4.69, 9.17) is 4.74 Å². The number of esters is 1. The summed E-state index contributed by atoms with van der Waals surface area (Å²) in [5, 5.41) is 2.71. The Morgan fingerprint density at radius 1 is 1.29 bits per heavy atom. The van der Waals surface area contributed by atoms with Gasteiger partial charge < -0.3 is 14.6 Å². The number of carbonyl (C=O) groups excluding carboxylic acids is 2. The normalized spacial score (nSPS) is 10.5. The SMILES string of the molecule is CC(C)C(=O)Oc1ccc(=O)n(CCNC(=O)c2cccnc2)c1. The van der Waals surface area contributed by atoms with Gasteiger partial charge in [0.25, 0.3) is 11.5 Å². The number of nitrogens with one attached hydrogen (secondary N) is 1. The number of rotatable bonds is 6. The quantitative estimate of drug-likeness (QED) is 0.805. The fourth-order valence-corrected chi connectivity index (χ4v) is 1.87. The predicted molar refractivity (Wildman–Crippen MR) is 87.7 cm³/mol. The molecule has 0 aliphatic carbocycles. The number of hydrogen-bond donors (Lipinski definition) is 1. The fourth-order valence-electron chi connectivity index (χ4n) is 1.87. The van der Waals surface area contributed by atoms with Crippen molar-refractivity contribution in [3.8, 4) is 5.75 Å². The number of hydrogen-bond acceptors (Lipinski definition) is 5. The third kappa shape index (κ3) is 4.77. The maximum absolute atomic E-state index is 11.9. The molecule has 0 aromatic carbocycles. The van der Waals surface area contributed by atoms with Crippen molar-refractivity contribution in [2.45, 2.75) is 20.4 Å². The number of aromatic nitrogens is 2. The van der Waals surface area contributed by atoms with Gasteiger partial charge in [-0.05, 0) is 18.2 Å². The Morgan fingerprint density at radius 2 is 2.08 bits per heavy atom. The van der Waals surface area contributed by atoms with E-state index in [1.807, 2.05) is 0 Å². The van der Waals surface area contributed by atoms with Crippen molar-refractivity contribution < 1.29 is 14.3 Å². The molecular formula is C17H19N3O4. The molecule has 0 bridgehead atoms. The molecular weight excluding hydrogens is 310 g/mol. The van der Waals surface area contributed by atoms with E-state index in [9.17, 15) is 14.4 Å². The van der Waals surface area contributed by atoms with Crippen LogP contribution in [0, 0.1) is 5.92 Å². The minimum Gasteiger partial charge on any atom is -0.425 e. The van der Waals surface area contributed by atoms with Crippen LogP contribution in [0.2, 0.25) is 0 Å². The molecule has 7 heteroatoms. The molecule has 0 unspecified atom stereocenters. The van der Waals surface area contributed by atoms with Crippen molar-refractivity contribution in [3.05, 3.63) is 58.8 Å². The summed E-state index contributed by atoms with van der Waals surface area (Å²) in [4.78, 5) is 39.2. The van der Waals surface area contributed by atoms with Gasteiger partial charge >= 0.3 is 5.97 Å². The van der Waals surface area contributed by atoms with E-state index in [-0.39, 0.29) is 36.4 Å². The van der Waals surface area contributed by atoms with Crippen molar-refractivity contribution >= 4 is 11.9 Å². The van der Waals surface area contributed by atoms with Gasteiger partial charge in [0.15, 0.2) is 0 Å². The van der Waals surface area contributed by atoms with Crippen LogP contribution in [0.3, 0.4) is 0 Å². The highest BCUT2D eigenvalue weighted by Gasteiger charge is 2.11. The second kappa shape index (κ2) is 8.05. The molecule has 7 nitrogen and oxygen atoms in total. The number of pyridine rings is 2. The van der Waals surface area contributed by atoms with E-state index >= 15 is 0 Å². The number of ether oxygens (including phenoxy) is 1. The van der Waals surface area contributed by atoms with Crippen molar-refractivity contribution in [2.75, 3.05) is 6.54 Å². The van der Waals surface area contributed by atoms with Gasteiger partial charge in [0.05, 0.1) is 17.7 Å². The minimum atomic E-state index is -0.370. The number of nitrogens with zero attached hydrogens (tertiary/aromatic N) is 2. The van der Waals surface area contributed by atoms with Crippen LogP contribution in [0.4, 0.5) is 0 Å². The molecule has 126 valence electrons. The monoisotopic (exact) mass is 329 g/mol. The van der Waals surface area contributed by atoms with E-state index < -0.39 is 0 Å². The summed E-state index contributed by atoms with van der Waals surface area (Å²) < 4.78 is 6.56. The van der Waals surface area contributed by atoms with Gasteiger partial charge in [0.1, 0.15) is 5.75 Å². The lowest BCUT2D eigenvalue weighted by molar-refractivity contribution is -0.137. The highest BCUT2D eigenvalue weighted by molar-refractivity contribution is 5.93. The number of carbonyl (C=O) groups is 2. The van der Waals surface area contributed by atoms with Gasteiger partial charge in [-0.1, -0.05) is 13.8 Å². The van der Waals surface area contributed by atoms with Crippen LogP contribution in [-0.2, 0) is 11.3 Å². The average molecular weight is 329 g/mol. The first-order valence-corrected chi connectivity index (χ1v) is 7.58. The Balaban J connectivity index is 1.96. The summed E-state index contributed by atoms with van der Waals surface area (Å²) in [5.41, 5.74) is 0.208. The zero-order chi connectivity index (χ0) is 17.5. The van der Waals surface area contributed by atoms with Gasteiger partial charge in [-0.25, -0.2) is 0 Å². The van der Waals surface area contributed by atoms with E-state index in [0.717, 1.165) is 0 Å². The van der Waals surface area contributed by atoms with Crippen LogP contribution < -0.4 is 15.6 Å². The standard InChI is InChI=1S/C17H19N3O4/c1-12(2)17(23)24-14-5-6-15(21)20(11-14)9-8-19-16(22)13-4-3-7-18-10-13/h3-7,10-12H,8-9H2,1-2H3,(H,19,22). The largest absolute Gasteiger partial charge is 0.425 e. The molecule has 1 N–H and O–H groups in total. The van der Waals surface area contributed by atoms with Crippen LogP contribution in [0.15, 0.2) is 47.7 Å². The second-order valence-corrected chi connectivity index (χ2v) is 5.47. The summed E-state index contributed by atoms with van der Waals surface area (Å²) in [7, 11) is 0. The molecule has 0 saturated carbocycles. The summed E-state index contributed by atoms with van der Waals surface area (Å²) in [6.45, 7) is 3.98. The Morgan fingerprint density at radius 3 is 2.75 bits per heavy atom. The zero-order valence-corrected chi connectivity index (χ0v) is 13.6. The first-order chi connectivity index (χ1) is 11.5. The van der Waals surface area contributed by atoms with Gasteiger partial charge in [0, 0.05) is 31.5 Å². The Kier molecular flexibility index (Phi) is 5.83. The van der Waals surface area contributed by atoms with Gasteiger partial charge in [-0.2, -0.15) is 0 Å². The molecule has 24 heavy (non-hydrogen) atoms. The molecule has 2 rings (SSSR count). The van der Waals surface area contributed by atoms with Crippen LogP contribution in [-0.4, -0.2) is 28.0 Å². The van der Waals surface area contributed by atoms with E-state index in [2.05, 4.69) is 10.3 Å². The molecule has 2 aromatic rings. The van der Waals surface area contributed by atoms with Crippen molar-refractivity contribution in [2.24, 2.45) is 5.92 Å². The Bertz CT molecular complexity index is 769. The smallest absolute Gasteiger partial charge is 0.313 e. The molecule has 1 amide bonds. The molecule has 2 aromatic heterocycles. The lowest BCUT2D eigenvalue weighted by Gasteiger charge is -2.10. The van der Waals surface area contributed by atoms with Gasteiger partial charge in [-0.3, -0.25) is 19.4 Å². The van der Waals surface area contributed by atoms with Gasteiger partial charge in [0.2, 0.25) is 0 Å². The van der Waals surface area contributed by atoms with Gasteiger partial charge in [-0.15, -0.1) is 0 Å². The van der Waals surface area contributed by atoms with Crippen LogP contribution in [0.25, 0.3) is 0 Å². The molecule has 0 aliphatic rings. The van der Waals surface area contributed by atoms with Crippen LogP contribution >= 0.6 is 0 Å². The first kappa shape index (κ1) is 17.4. The summed E-state index contributed by atoms with van der Waals surface area (Å²) in [6.07, 6.45) is 4.51. The summed E-state index contributed by atoms with van der Waals surface area (Å²) >= 11 is 0. The van der Waals surface area contributed by atoms with Crippen molar-refractivity contribution in [1.29, 1.82) is 0 Å². The van der Waals surface area contributed by atoms with E-state index in [1.54, 1.807) is 32.2 Å². The molecule has 0 aliphatic heterocycles. The fraction of sp³-hybridized carbons (Fsp3) is 0.294. The lowest BCUT2D eigenvalue weighted by atomic mass is 10.2. The molecule has 0 fully saturated rings. The minimum absolute atomic E-state index is 0.241. The van der Waals surface area contributed by atoms with Crippen molar-refractivity contribution in [3.63, 3.8) is 0 Å². The topological polar surface area (TPSA) is 90.3 Å². The highest BCUT2D eigenvalue weighted by atomic mass is 16.5. The zero-order valence-electron chi connectivity index (χ0n) is 13.6. The summed E-state index contributed by atoms with van der Waals surface area (Å²) in [5.74, 6) is -0.598. The predicted octanol–water partition coefficient (Wildman–Crippen LogP) is 1.23. The first-order valence-electron chi connectivity index (χ1n) is 7.58. The van der Waals surface area contributed by atoms with E-state index in [0.29, 0.717) is 11.3 Å². The second-order valence-electron chi connectivity index (χ2n) is 5.47. The van der Waals surface area contributed by atoms with Crippen molar-refractivity contribution in [1.82, 2.24) is 14.9 Å². The maximum Gasteiger partial charge on any atom is 0.313 e. The molecule has 0 spiro atoms. The molecule has 0 radical (unpaired) electrons. The van der Waals surface area contributed by atoms with Crippen LogP contribution in [0.5, 0.6) is 5.75 Å².